The van der Waals surface area contributed by atoms with E-state index in [0.29, 0.717) is 0 Å². The van der Waals surface area contributed by atoms with Gasteiger partial charge in [0.1, 0.15) is 5.01 Å². The van der Waals surface area contributed by atoms with E-state index in [0.717, 1.165) is 18.1 Å². The third-order valence-corrected chi connectivity index (χ3v) is 4.09. The van der Waals surface area contributed by atoms with Gasteiger partial charge in [0.05, 0.1) is 11.6 Å². The van der Waals surface area contributed by atoms with E-state index < -0.39 is 0 Å². The predicted molar refractivity (Wildman–Crippen MR) is 75.7 cm³/mol. The van der Waals surface area contributed by atoms with Crippen LogP contribution in [0.2, 0.25) is 0 Å². The Labute approximate surface area is 113 Å². The first kappa shape index (κ1) is 15.1. The summed E-state index contributed by atoms with van der Waals surface area (Å²) in [5.41, 5.74) is -0.281. The highest BCUT2D eigenvalue weighted by Crippen LogP contribution is 2.22. The lowest BCUT2D eigenvalue weighted by Gasteiger charge is -2.30. The second-order valence-corrected chi connectivity index (χ2v) is 5.73. The van der Waals surface area contributed by atoms with Crippen LogP contribution in [0.5, 0.6) is 0 Å². The number of aromatic nitrogens is 1. The summed E-state index contributed by atoms with van der Waals surface area (Å²) in [6.45, 7) is 11.5. The molecule has 1 amide bonds. The molecular formula is C13H23N3OS. The van der Waals surface area contributed by atoms with Crippen LogP contribution >= 0.6 is 11.3 Å². The second-order valence-electron chi connectivity index (χ2n) is 4.84. The van der Waals surface area contributed by atoms with Crippen molar-refractivity contribution >= 4 is 17.2 Å². The molecule has 0 radical (unpaired) electrons. The molecule has 1 atom stereocenters. The number of carbonyl (C=O) groups is 1. The van der Waals surface area contributed by atoms with Crippen LogP contribution in [-0.2, 0) is 10.3 Å². The van der Waals surface area contributed by atoms with Crippen molar-refractivity contribution in [2.45, 2.75) is 46.2 Å². The molecule has 1 N–H and O–H groups in total. The maximum Gasteiger partial charge on any atom is 0.239 e. The minimum absolute atomic E-state index is 0.143. The van der Waals surface area contributed by atoms with Crippen LogP contribution in [-0.4, -0.2) is 34.9 Å². The van der Waals surface area contributed by atoms with Crippen molar-refractivity contribution in [1.29, 1.82) is 0 Å². The highest BCUT2D eigenvalue weighted by molar-refractivity contribution is 7.09. The third kappa shape index (κ3) is 3.53. The molecule has 18 heavy (non-hydrogen) atoms. The normalized spacial score (nSPS) is 13.4. The largest absolute Gasteiger partial charge is 0.342 e. The van der Waals surface area contributed by atoms with Gasteiger partial charge in [0.25, 0.3) is 0 Å². The van der Waals surface area contributed by atoms with E-state index in [4.69, 9.17) is 0 Å². The minimum atomic E-state index is -0.281. The summed E-state index contributed by atoms with van der Waals surface area (Å²) in [7, 11) is 0. The lowest BCUT2D eigenvalue weighted by Crippen LogP contribution is -2.51. The van der Waals surface area contributed by atoms with Gasteiger partial charge < -0.3 is 4.90 Å². The highest BCUT2D eigenvalue weighted by Gasteiger charge is 2.28. The smallest absolute Gasteiger partial charge is 0.239 e. The topological polar surface area (TPSA) is 45.2 Å². The summed E-state index contributed by atoms with van der Waals surface area (Å²) in [5, 5.41) is 6.32. The van der Waals surface area contributed by atoms with Gasteiger partial charge >= 0.3 is 0 Å². The van der Waals surface area contributed by atoms with Gasteiger partial charge in [0, 0.05) is 24.7 Å². The average Bonchev–Trinajstić information content (AvgIpc) is 2.84. The van der Waals surface area contributed by atoms with E-state index in [2.05, 4.69) is 24.1 Å². The molecular weight excluding hydrogens is 246 g/mol. The number of nitrogens with zero attached hydrogens (tertiary/aromatic N) is 2. The zero-order chi connectivity index (χ0) is 13.8. The Morgan fingerprint density at radius 2 is 2.11 bits per heavy atom. The molecule has 0 spiro atoms. The number of nitrogens with one attached hydrogen (secondary N) is 1. The average molecular weight is 269 g/mol. The van der Waals surface area contributed by atoms with E-state index in [1.807, 2.05) is 31.1 Å². The quantitative estimate of drug-likeness (QED) is 0.861. The fraction of sp³-hybridized carbons (Fsp3) is 0.692. The lowest BCUT2D eigenvalue weighted by molar-refractivity contribution is -0.133. The molecule has 1 unspecified atom stereocenters. The Hall–Kier alpha value is -0.940. The summed E-state index contributed by atoms with van der Waals surface area (Å²) >= 11 is 1.60. The maximum atomic E-state index is 12.2. The Kier molecular flexibility index (Phi) is 5.28. The Morgan fingerprint density at radius 1 is 1.50 bits per heavy atom. The van der Waals surface area contributed by atoms with Crippen LogP contribution in [0.4, 0.5) is 0 Å². The standard InChI is InChI=1S/C13H23N3OS/c1-6-16(7-2)11(17)10(3)15-13(4,5)12-14-8-9-18-12/h8-10,15H,6-7H2,1-5H3. The van der Waals surface area contributed by atoms with Crippen LogP contribution in [0.3, 0.4) is 0 Å². The van der Waals surface area contributed by atoms with Crippen molar-refractivity contribution in [3.63, 3.8) is 0 Å². The summed E-state index contributed by atoms with van der Waals surface area (Å²) in [6, 6.07) is -0.205. The van der Waals surface area contributed by atoms with Crippen LogP contribution in [0.15, 0.2) is 11.6 Å². The predicted octanol–water partition coefficient (Wildman–Crippen LogP) is 2.22. The fourth-order valence-corrected chi connectivity index (χ4v) is 2.73. The van der Waals surface area contributed by atoms with Crippen molar-refractivity contribution in [2.75, 3.05) is 13.1 Å². The highest BCUT2D eigenvalue weighted by atomic mass is 32.1. The summed E-state index contributed by atoms with van der Waals surface area (Å²) < 4.78 is 0. The number of hydrogen-bond donors (Lipinski definition) is 1. The van der Waals surface area contributed by atoms with Crippen LogP contribution in [0.25, 0.3) is 0 Å². The number of amides is 1. The van der Waals surface area contributed by atoms with Gasteiger partial charge in [-0.3, -0.25) is 10.1 Å². The molecule has 1 aromatic rings. The van der Waals surface area contributed by atoms with Crippen LogP contribution in [0.1, 0.15) is 39.6 Å². The summed E-state index contributed by atoms with van der Waals surface area (Å²) in [5.74, 6) is 0.143. The van der Waals surface area contributed by atoms with E-state index >= 15 is 0 Å². The number of rotatable bonds is 6. The molecule has 0 saturated heterocycles. The van der Waals surface area contributed by atoms with Crippen molar-refractivity contribution in [2.24, 2.45) is 0 Å². The molecule has 0 aromatic carbocycles. The Balaban J connectivity index is 2.69. The van der Waals surface area contributed by atoms with Gasteiger partial charge in [0.2, 0.25) is 5.91 Å². The summed E-state index contributed by atoms with van der Waals surface area (Å²) in [6.07, 6.45) is 1.79. The Bertz CT molecular complexity index is 372. The van der Waals surface area contributed by atoms with Gasteiger partial charge in [-0.25, -0.2) is 4.98 Å². The molecule has 0 bridgehead atoms. The first-order chi connectivity index (χ1) is 8.42. The monoisotopic (exact) mass is 269 g/mol. The van der Waals surface area contributed by atoms with Crippen molar-refractivity contribution < 1.29 is 4.79 Å². The van der Waals surface area contributed by atoms with Gasteiger partial charge in [-0.15, -0.1) is 11.3 Å². The van der Waals surface area contributed by atoms with Gasteiger partial charge in [-0.05, 0) is 34.6 Å². The zero-order valence-electron chi connectivity index (χ0n) is 11.9. The fourth-order valence-electron chi connectivity index (χ4n) is 2.01. The van der Waals surface area contributed by atoms with Crippen molar-refractivity contribution in [3.8, 4) is 0 Å². The van der Waals surface area contributed by atoms with Crippen molar-refractivity contribution in [3.05, 3.63) is 16.6 Å². The SMILES string of the molecule is CCN(CC)C(=O)C(C)NC(C)(C)c1nccs1. The summed E-state index contributed by atoms with van der Waals surface area (Å²) in [4.78, 5) is 18.4. The Morgan fingerprint density at radius 3 is 2.56 bits per heavy atom. The van der Waals surface area contributed by atoms with Crippen LogP contribution in [0, 0.1) is 0 Å². The van der Waals surface area contributed by atoms with Gasteiger partial charge in [-0.1, -0.05) is 0 Å². The molecule has 0 saturated carbocycles. The molecule has 0 fully saturated rings. The molecule has 0 aliphatic rings. The molecule has 102 valence electrons. The molecule has 1 rings (SSSR count). The molecule has 1 heterocycles. The van der Waals surface area contributed by atoms with Crippen molar-refractivity contribution in [1.82, 2.24) is 15.2 Å². The number of carbonyl (C=O) groups excluding carboxylic acids is 1. The maximum absolute atomic E-state index is 12.2. The van der Waals surface area contributed by atoms with E-state index in [1.54, 1.807) is 17.5 Å². The first-order valence-corrected chi connectivity index (χ1v) is 7.26. The van der Waals surface area contributed by atoms with Crippen LogP contribution < -0.4 is 5.32 Å². The number of likely N-dealkylation sites (N-methyl/N-ethyl adjacent to an activating group) is 1. The first-order valence-electron chi connectivity index (χ1n) is 6.38. The molecule has 0 aliphatic carbocycles. The van der Waals surface area contributed by atoms with Gasteiger partial charge in [0.15, 0.2) is 0 Å². The minimum Gasteiger partial charge on any atom is -0.342 e. The van der Waals surface area contributed by atoms with Gasteiger partial charge in [-0.2, -0.15) is 0 Å². The second kappa shape index (κ2) is 6.29. The van der Waals surface area contributed by atoms with E-state index in [-0.39, 0.29) is 17.5 Å². The zero-order valence-corrected chi connectivity index (χ0v) is 12.7. The molecule has 5 heteroatoms. The molecule has 4 nitrogen and oxygen atoms in total. The van der Waals surface area contributed by atoms with E-state index in [1.165, 1.54) is 0 Å². The number of hydrogen-bond acceptors (Lipinski definition) is 4. The lowest BCUT2D eigenvalue weighted by atomic mass is 10.0. The molecule has 1 aromatic heterocycles. The molecule has 0 aliphatic heterocycles. The number of thiazole rings is 1. The van der Waals surface area contributed by atoms with E-state index in [9.17, 15) is 4.79 Å². The third-order valence-electron chi connectivity index (χ3n) is 2.99.